The van der Waals surface area contributed by atoms with Gasteiger partial charge in [-0.3, -0.25) is 0 Å². The van der Waals surface area contributed by atoms with E-state index in [2.05, 4.69) is 4.98 Å². The fourth-order valence-electron chi connectivity index (χ4n) is 2.35. The predicted molar refractivity (Wildman–Crippen MR) is 62.8 cm³/mol. The zero-order valence-corrected chi connectivity index (χ0v) is 9.58. The Morgan fingerprint density at radius 2 is 2.00 bits per heavy atom. The maximum Gasteiger partial charge on any atom is 0.129 e. The third kappa shape index (κ3) is 2.70. The van der Waals surface area contributed by atoms with Crippen LogP contribution in [0.15, 0.2) is 18.3 Å². The summed E-state index contributed by atoms with van der Waals surface area (Å²) in [5.74, 6) is 0.627. The van der Waals surface area contributed by atoms with Gasteiger partial charge in [-0.15, -0.1) is 0 Å². The van der Waals surface area contributed by atoms with Crippen molar-refractivity contribution in [3.05, 3.63) is 29.0 Å². The summed E-state index contributed by atoms with van der Waals surface area (Å²) < 4.78 is 0. The van der Waals surface area contributed by atoms with E-state index >= 15 is 0 Å². The van der Waals surface area contributed by atoms with E-state index in [1.54, 1.807) is 0 Å². The molecule has 82 valence electrons. The van der Waals surface area contributed by atoms with E-state index in [0.717, 1.165) is 5.56 Å². The molecular weight excluding hydrogens is 208 g/mol. The maximum absolute atomic E-state index is 6.24. The molecule has 0 unspecified atom stereocenters. The first-order chi connectivity index (χ1) is 7.27. The van der Waals surface area contributed by atoms with E-state index in [4.69, 9.17) is 17.3 Å². The van der Waals surface area contributed by atoms with E-state index in [1.165, 1.54) is 32.1 Å². The molecule has 2 N–H and O–H groups in total. The standard InChI is InChI=1S/C12H17ClN2/c13-11-7-6-10(8-15-11)12(14)9-4-2-1-3-5-9/h6-9,12H,1-5,14H2/t12-/m0/s1. The molecule has 2 nitrogen and oxygen atoms in total. The molecule has 1 aliphatic rings. The van der Waals surface area contributed by atoms with Crippen LogP contribution in [0.25, 0.3) is 0 Å². The monoisotopic (exact) mass is 224 g/mol. The van der Waals surface area contributed by atoms with Crippen molar-refractivity contribution < 1.29 is 0 Å². The molecular formula is C12H17ClN2. The quantitative estimate of drug-likeness (QED) is 0.783. The number of hydrogen-bond acceptors (Lipinski definition) is 2. The third-order valence-electron chi connectivity index (χ3n) is 3.29. The average molecular weight is 225 g/mol. The first-order valence-electron chi connectivity index (χ1n) is 5.64. The molecule has 0 spiro atoms. The smallest absolute Gasteiger partial charge is 0.129 e. The highest BCUT2D eigenvalue weighted by atomic mass is 35.5. The summed E-state index contributed by atoms with van der Waals surface area (Å²) in [5, 5.41) is 0.537. The van der Waals surface area contributed by atoms with Gasteiger partial charge < -0.3 is 5.73 Å². The molecule has 0 aromatic carbocycles. The number of nitrogens with zero attached hydrogens (tertiary/aromatic N) is 1. The van der Waals surface area contributed by atoms with Gasteiger partial charge in [0, 0.05) is 12.2 Å². The van der Waals surface area contributed by atoms with Crippen molar-refractivity contribution in [3.63, 3.8) is 0 Å². The summed E-state index contributed by atoms with van der Waals surface area (Å²) in [4.78, 5) is 4.08. The number of aromatic nitrogens is 1. The van der Waals surface area contributed by atoms with Crippen LogP contribution in [-0.4, -0.2) is 4.98 Å². The first-order valence-corrected chi connectivity index (χ1v) is 6.02. The van der Waals surface area contributed by atoms with Crippen molar-refractivity contribution in [1.82, 2.24) is 4.98 Å². The van der Waals surface area contributed by atoms with Gasteiger partial charge in [-0.1, -0.05) is 36.9 Å². The molecule has 1 fully saturated rings. The van der Waals surface area contributed by atoms with E-state index in [9.17, 15) is 0 Å². The molecule has 1 aromatic heterocycles. The van der Waals surface area contributed by atoms with Crippen LogP contribution >= 0.6 is 11.6 Å². The van der Waals surface area contributed by atoms with Crippen LogP contribution in [0, 0.1) is 5.92 Å². The molecule has 0 bridgehead atoms. The van der Waals surface area contributed by atoms with Crippen LogP contribution in [0.2, 0.25) is 5.15 Å². The van der Waals surface area contributed by atoms with Crippen molar-refractivity contribution >= 4 is 11.6 Å². The molecule has 0 radical (unpaired) electrons. The van der Waals surface area contributed by atoms with Crippen LogP contribution in [0.1, 0.15) is 43.7 Å². The van der Waals surface area contributed by atoms with Crippen LogP contribution in [0.5, 0.6) is 0 Å². The van der Waals surface area contributed by atoms with Gasteiger partial charge in [0.05, 0.1) is 0 Å². The summed E-state index contributed by atoms with van der Waals surface area (Å²) in [6, 6.07) is 3.95. The fraction of sp³-hybridized carbons (Fsp3) is 0.583. The van der Waals surface area contributed by atoms with E-state index in [-0.39, 0.29) is 6.04 Å². The number of hydrogen-bond donors (Lipinski definition) is 1. The fourth-order valence-corrected chi connectivity index (χ4v) is 2.46. The van der Waals surface area contributed by atoms with Crippen molar-refractivity contribution in [2.24, 2.45) is 11.7 Å². The summed E-state index contributed by atoms with van der Waals surface area (Å²) in [6.07, 6.45) is 8.32. The molecule has 1 heterocycles. The largest absolute Gasteiger partial charge is 0.324 e. The Hall–Kier alpha value is -0.600. The SMILES string of the molecule is N[C@H](c1ccc(Cl)nc1)C1CCCCC1. The number of rotatable bonds is 2. The summed E-state index contributed by atoms with van der Waals surface area (Å²) in [6.45, 7) is 0. The van der Waals surface area contributed by atoms with Crippen molar-refractivity contribution in [2.45, 2.75) is 38.1 Å². The molecule has 0 saturated heterocycles. The Morgan fingerprint density at radius 3 is 2.60 bits per heavy atom. The lowest BCUT2D eigenvalue weighted by Crippen LogP contribution is -2.23. The molecule has 1 saturated carbocycles. The lowest BCUT2D eigenvalue weighted by molar-refractivity contribution is 0.308. The first kappa shape index (κ1) is 10.9. The molecule has 1 atom stereocenters. The number of nitrogens with two attached hydrogens (primary N) is 1. The molecule has 2 rings (SSSR count). The molecule has 0 amide bonds. The van der Waals surface area contributed by atoms with E-state index in [0.29, 0.717) is 11.1 Å². The van der Waals surface area contributed by atoms with Crippen LogP contribution in [-0.2, 0) is 0 Å². The van der Waals surface area contributed by atoms with E-state index < -0.39 is 0 Å². The zero-order chi connectivity index (χ0) is 10.7. The second-order valence-electron chi connectivity index (χ2n) is 4.34. The normalized spacial score (nSPS) is 20.1. The highest BCUT2D eigenvalue weighted by Crippen LogP contribution is 2.32. The second-order valence-corrected chi connectivity index (χ2v) is 4.73. The van der Waals surface area contributed by atoms with Crippen LogP contribution < -0.4 is 5.73 Å². The number of halogens is 1. The minimum Gasteiger partial charge on any atom is -0.324 e. The van der Waals surface area contributed by atoms with Gasteiger partial charge in [0.1, 0.15) is 5.15 Å². The second kappa shape index (κ2) is 4.95. The molecule has 1 aliphatic carbocycles. The van der Waals surface area contributed by atoms with Gasteiger partial charge in [-0.2, -0.15) is 0 Å². The Bertz CT molecular complexity index is 304. The summed E-state index contributed by atoms with van der Waals surface area (Å²) >= 11 is 5.75. The minimum absolute atomic E-state index is 0.134. The van der Waals surface area contributed by atoms with Gasteiger partial charge in [-0.05, 0) is 30.4 Å². The number of pyridine rings is 1. The van der Waals surface area contributed by atoms with E-state index in [1.807, 2.05) is 18.3 Å². The lowest BCUT2D eigenvalue weighted by Gasteiger charge is -2.27. The molecule has 3 heteroatoms. The van der Waals surface area contributed by atoms with Gasteiger partial charge in [0.2, 0.25) is 0 Å². The Kier molecular flexibility index (Phi) is 3.60. The summed E-state index contributed by atoms with van der Waals surface area (Å²) in [7, 11) is 0. The zero-order valence-electron chi connectivity index (χ0n) is 8.82. The summed E-state index contributed by atoms with van der Waals surface area (Å²) in [5.41, 5.74) is 7.35. The minimum atomic E-state index is 0.134. The predicted octanol–water partition coefficient (Wildman–Crippen LogP) is 3.32. The van der Waals surface area contributed by atoms with Crippen molar-refractivity contribution in [3.8, 4) is 0 Å². The lowest BCUT2D eigenvalue weighted by atomic mass is 9.82. The topological polar surface area (TPSA) is 38.9 Å². The van der Waals surface area contributed by atoms with Crippen molar-refractivity contribution in [1.29, 1.82) is 0 Å². The molecule has 0 aliphatic heterocycles. The van der Waals surface area contributed by atoms with Crippen LogP contribution in [0.3, 0.4) is 0 Å². The maximum atomic E-state index is 6.24. The molecule has 1 aromatic rings. The third-order valence-corrected chi connectivity index (χ3v) is 3.52. The van der Waals surface area contributed by atoms with Crippen LogP contribution in [0.4, 0.5) is 0 Å². The van der Waals surface area contributed by atoms with Gasteiger partial charge in [0.15, 0.2) is 0 Å². The van der Waals surface area contributed by atoms with Gasteiger partial charge >= 0.3 is 0 Å². The Balaban J connectivity index is 2.05. The van der Waals surface area contributed by atoms with Crippen molar-refractivity contribution in [2.75, 3.05) is 0 Å². The Morgan fingerprint density at radius 1 is 1.27 bits per heavy atom. The van der Waals surface area contributed by atoms with Gasteiger partial charge in [0.25, 0.3) is 0 Å². The highest BCUT2D eigenvalue weighted by Gasteiger charge is 2.21. The molecule has 15 heavy (non-hydrogen) atoms. The van der Waals surface area contributed by atoms with Gasteiger partial charge in [-0.25, -0.2) is 4.98 Å². The Labute approximate surface area is 95.8 Å². The average Bonchev–Trinajstić information content (AvgIpc) is 2.30. The highest BCUT2D eigenvalue weighted by molar-refractivity contribution is 6.29.